The zero-order valence-corrected chi connectivity index (χ0v) is 49.0. The van der Waals surface area contributed by atoms with Gasteiger partial charge in [-0.2, -0.15) is 0 Å². The summed E-state index contributed by atoms with van der Waals surface area (Å²) in [5, 5.41) is 9.03. The minimum absolute atomic E-state index is 0. The van der Waals surface area contributed by atoms with Gasteiger partial charge in [-0.15, -0.1) is 6.58 Å². The van der Waals surface area contributed by atoms with Gasteiger partial charge in [0.25, 0.3) is 0 Å². The van der Waals surface area contributed by atoms with E-state index in [1.165, 1.54) is 13.3 Å². The average molecular weight is 1110 g/mol. The minimum Gasteiger partial charge on any atom is -0.562 e. The van der Waals surface area contributed by atoms with Gasteiger partial charge in [0, 0.05) is 76.9 Å². The summed E-state index contributed by atoms with van der Waals surface area (Å²) in [6.07, 6.45) is 15.1. The van der Waals surface area contributed by atoms with Crippen LogP contribution in [0, 0.1) is 11.8 Å². The van der Waals surface area contributed by atoms with Crippen molar-refractivity contribution >= 4 is 34.7 Å². The number of para-hydroxylation sites is 1. The van der Waals surface area contributed by atoms with Gasteiger partial charge in [-0.05, 0) is 64.1 Å². The summed E-state index contributed by atoms with van der Waals surface area (Å²) in [7, 11) is 0. The molecule has 15 heteroatoms. The molecule has 0 atom stereocenters. The Morgan fingerprint density at radius 2 is 1.60 bits per heavy atom. The van der Waals surface area contributed by atoms with E-state index >= 15 is 0 Å². The van der Waals surface area contributed by atoms with Gasteiger partial charge in [0.05, 0.1) is 23.0 Å². The van der Waals surface area contributed by atoms with Crippen molar-refractivity contribution in [2.24, 2.45) is 22.7 Å². The van der Waals surface area contributed by atoms with Gasteiger partial charge in [-0.3, -0.25) is 24.9 Å². The average Bonchev–Trinajstić information content (AvgIpc) is 3.33. The van der Waals surface area contributed by atoms with E-state index in [2.05, 4.69) is 90.0 Å². The van der Waals surface area contributed by atoms with E-state index in [0.717, 1.165) is 62.5 Å². The molecule has 2 aromatic rings. The largest absolute Gasteiger partial charge is 0.562 e. The van der Waals surface area contributed by atoms with Crippen LogP contribution in [0.2, 0.25) is 0 Å². The first-order chi connectivity index (χ1) is 31.9. The molecular formula is C52H98HfN9O5-. The van der Waals surface area contributed by atoms with Gasteiger partial charge in [0.2, 0.25) is 12.3 Å². The molecule has 0 aliphatic heterocycles. The molecule has 2 amide bonds. The van der Waals surface area contributed by atoms with Crippen molar-refractivity contribution < 1.29 is 49.8 Å². The number of fused-ring (bicyclic) bond motifs is 1. The van der Waals surface area contributed by atoms with Crippen molar-refractivity contribution in [3.8, 4) is 5.75 Å². The maximum atomic E-state index is 13.0. The maximum absolute atomic E-state index is 13.0. The maximum Gasteiger partial charge on any atom is 0.239 e. The van der Waals surface area contributed by atoms with Crippen molar-refractivity contribution in [1.82, 2.24) is 31.1 Å². The number of hydrazine groups is 1. The number of rotatable bonds is 28. The molecule has 0 aliphatic rings. The zero-order valence-electron chi connectivity index (χ0n) is 45.4. The minimum atomic E-state index is -0.443. The van der Waals surface area contributed by atoms with Gasteiger partial charge in [0.15, 0.2) is 12.5 Å². The number of unbranched alkanes of at least 4 members (excludes halogenated alkanes) is 1. The molecule has 0 spiro atoms. The molecule has 14 nitrogen and oxygen atoms in total. The van der Waals surface area contributed by atoms with Crippen LogP contribution in [-0.4, -0.2) is 98.0 Å². The number of Topliss-reactive ketones (excluding diaryl/α,β-unsaturated/α-hetero) is 1. The molecular weight excluding hydrogens is 1010 g/mol. The van der Waals surface area contributed by atoms with E-state index < -0.39 is 5.91 Å². The predicted molar refractivity (Wildman–Crippen MR) is 285 cm³/mol. The topological polar surface area (TPSA) is 178 Å². The number of aromatic nitrogens is 1. The standard InChI is InChI=1S/C28H41N5O3.C9H16N2O2.C7H18N2.4C2H6.Hf/c1-6-12-23(7-2)19-33(31-16-11-10-13-21(3)4)20-36-26-18-29-25-15-9-8-14-24(25)27(26)28(35)32-30-17-22(5)34;1-3-5-9(2)11-13-7-4-6-10-8-12;1-4-9(6-8)5-7(2)3;4*1-2;/h6-9,12,14-15,18,21,31H,10-11,13,16-17,19-20H2,1-5H3,(H2,29,30,32,35);3,8H,1,4-7H2,2H3,(H,10,12);7H,4-6,8H2,1-3H3;4*1-2H3;/p-1/b12-6-,23-7+;11-9-;;;;;;. The van der Waals surface area contributed by atoms with Crippen LogP contribution in [0.4, 0.5) is 0 Å². The number of allylic oxidation sites excluding steroid dienone is 3. The van der Waals surface area contributed by atoms with Gasteiger partial charge in [0.1, 0.15) is 12.4 Å². The van der Waals surface area contributed by atoms with Crippen molar-refractivity contribution in [2.45, 2.75) is 150 Å². The van der Waals surface area contributed by atoms with E-state index in [9.17, 15) is 14.4 Å². The van der Waals surface area contributed by atoms with Gasteiger partial charge >= 0.3 is 0 Å². The third kappa shape index (κ3) is 44.7. The van der Waals surface area contributed by atoms with Crippen LogP contribution in [0.15, 0.2) is 72.1 Å². The number of oxime groups is 1. The zero-order chi connectivity index (χ0) is 51.6. The van der Waals surface area contributed by atoms with Crippen LogP contribution >= 0.6 is 0 Å². The number of pyridine rings is 1. The third-order valence-corrected chi connectivity index (χ3v) is 8.12. The molecule has 0 bridgehead atoms. The summed E-state index contributed by atoms with van der Waals surface area (Å²) in [6, 6.07) is 7.37. The van der Waals surface area contributed by atoms with Crippen LogP contribution in [0.1, 0.15) is 160 Å². The molecule has 386 valence electrons. The van der Waals surface area contributed by atoms with Gasteiger partial charge in [-0.25, -0.2) is 5.01 Å². The Hall–Kier alpha value is -3.60. The van der Waals surface area contributed by atoms with Crippen LogP contribution in [0.3, 0.4) is 0 Å². The molecule has 0 fully saturated rings. The predicted octanol–water partition coefficient (Wildman–Crippen LogP) is 11.4. The van der Waals surface area contributed by atoms with E-state index in [1.54, 1.807) is 12.3 Å². The Bertz CT molecular complexity index is 1530. The number of ether oxygens (including phenoxy) is 1. The second kappa shape index (κ2) is 56.7. The Labute approximate surface area is 428 Å². The van der Waals surface area contributed by atoms with Crippen molar-refractivity contribution in [2.75, 3.05) is 59.3 Å². The molecule has 2 rings (SSSR count). The van der Waals surface area contributed by atoms with Crippen LogP contribution in [-0.2, 0) is 40.3 Å². The number of hydrogen-bond acceptors (Lipinski definition) is 11. The van der Waals surface area contributed by atoms with Crippen molar-refractivity contribution in [1.29, 1.82) is 0 Å². The molecule has 1 heterocycles. The summed E-state index contributed by atoms with van der Waals surface area (Å²) in [5.74, 6) is 1.20. The molecule has 5 N–H and O–H groups in total. The number of carbonyl (C=O) groups excluding carboxylic acids is 3. The SMILES string of the molecule is C/C=C\C(=C/C)CN(COc1cnc2ccccc2c1C(=O)N[N-]CC(C)=O)NCCCCC(C)C.C=CC/C(C)=N\OCCCNC=O.CC.CC.CC.CC.CCN(CN)CC(C)C.[Hf]. The van der Waals surface area contributed by atoms with Crippen LogP contribution in [0.25, 0.3) is 16.3 Å². The molecule has 0 saturated carbocycles. The van der Waals surface area contributed by atoms with Crippen LogP contribution in [0.5, 0.6) is 5.75 Å². The quantitative estimate of drug-likeness (QED) is 0.00937. The number of benzene rings is 1. The normalized spacial score (nSPS) is 10.5. The second-order valence-corrected chi connectivity index (χ2v) is 14.4. The van der Waals surface area contributed by atoms with E-state index in [1.807, 2.05) is 112 Å². The van der Waals surface area contributed by atoms with Crippen LogP contribution < -0.4 is 26.6 Å². The number of nitrogens with one attached hydrogen (secondary N) is 3. The Balaban J connectivity index is -0.000000246. The third-order valence-electron chi connectivity index (χ3n) is 8.12. The fourth-order valence-corrected chi connectivity index (χ4v) is 5.18. The van der Waals surface area contributed by atoms with Gasteiger partial charge in [-0.1, -0.05) is 157 Å². The van der Waals surface area contributed by atoms with E-state index in [0.29, 0.717) is 60.9 Å². The Morgan fingerprint density at radius 3 is 2.10 bits per heavy atom. The number of carbonyl (C=O) groups is 3. The monoisotopic (exact) mass is 1110 g/mol. The fraction of sp³-hybridized carbons (Fsp3) is 0.635. The Kier molecular flexibility index (Phi) is 63.4. The number of nitrogens with zero attached hydrogens (tertiary/aromatic N) is 5. The van der Waals surface area contributed by atoms with Crippen molar-refractivity contribution in [3.63, 3.8) is 0 Å². The van der Waals surface area contributed by atoms with E-state index in [4.69, 9.17) is 15.3 Å². The molecule has 0 radical (unpaired) electrons. The Morgan fingerprint density at radius 1 is 0.955 bits per heavy atom. The van der Waals surface area contributed by atoms with E-state index in [-0.39, 0.29) is 44.9 Å². The summed E-state index contributed by atoms with van der Waals surface area (Å²) in [6.45, 7) is 43.5. The number of nitrogens with two attached hydrogens (primary N) is 1. The number of ketones is 1. The first-order valence-corrected chi connectivity index (χ1v) is 24.5. The smallest absolute Gasteiger partial charge is 0.239 e. The first-order valence-electron chi connectivity index (χ1n) is 24.5. The summed E-state index contributed by atoms with van der Waals surface area (Å²) in [5.41, 5.74) is 18.3. The van der Waals surface area contributed by atoms with Crippen molar-refractivity contribution in [3.05, 3.63) is 77.9 Å². The molecule has 0 aliphatic carbocycles. The van der Waals surface area contributed by atoms with Gasteiger partial charge < -0.3 is 36.3 Å². The first kappa shape index (κ1) is 74.9. The molecule has 1 aromatic carbocycles. The molecule has 0 saturated heterocycles. The molecule has 1 aromatic heterocycles. The summed E-state index contributed by atoms with van der Waals surface area (Å²) >= 11 is 0. The molecule has 67 heavy (non-hydrogen) atoms. The fourth-order valence-electron chi connectivity index (χ4n) is 5.18. The summed E-state index contributed by atoms with van der Waals surface area (Å²) < 4.78 is 6.15. The number of hydrogen-bond donors (Lipinski definition) is 4. The molecule has 0 unspecified atom stereocenters. The summed E-state index contributed by atoms with van der Waals surface area (Å²) in [4.78, 5) is 45.8. The number of amides is 2. The second-order valence-electron chi connectivity index (χ2n) is 14.4.